The summed E-state index contributed by atoms with van der Waals surface area (Å²) in [6.45, 7) is 8.24. The van der Waals surface area contributed by atoms with E-state index in [1.54, 1.807) is 6.92 Å². The molecule has 1 N–H and O–H groups in total. The number of carbonyl (C=O) groups is 2. The van der Waals surface area contributed by atoms with Gasteiger partial charge in [-0.3, -0.25) is 4.79 Å². The summed E-state index contributed by atoms with van der Waals surface area (Å²) in [5.41, 5.74) is 0. The number of hydrogen-bond donors (Lipinski definition) is 1. The first-order chi connectivity index (χ1) is 9.85. The van der Waals surface area contributed by atoms with Gasteiger partial charge in [-0.05, 0) is 37.5 Å². The van der Waals surface area contributed by atoms with E-state index in [0.717, 1.165) is 12.8 Å². The van der Waals surface area contributed by atoms with Crippen molar-refractivity contribution in [3.63, 3.8) is 0 Å². The van der Waals surface area contributed by atoms with E-state index in [2.05, 4.69) is 30.8 Å². The van der Waals surface area contributed by atoms with Crippen LogP contribution in [-0.4, -0.2) is 37.7 Å². The van der Waals surface area contributed by atoms with Crippen LogP contribution in [0.2, 0.25) is 0 Å². The van der Waals surface area contributed by atoms with E-state index in [1.165, 1.54) is 13.5 Å². The van der Waals surface area contributed by atoms with Crippen molar-refractivity contribution in [3.8, 4) is 0 Å². The van der Waals surface area contributed by atoms with Gasteiger partial charge in [-0.1, -0.05) is 27.2 Å². The third-order valence-corrected chi connectivity index (χ3v) is 4.32. The number of ether oxygens (including phenoxy) is 2. The van der Waals surface area contributed by atoms with Crippen LogP contribution in [0.4, 0.5) is 0 Å². The summed E-state index contributed by atoms with van der Waals surface area (Å²) in [6.07, 6.45) is 3.52. The zero-order chi connectivity index (χ0) is 16.0. The molecule has 0 bridgehead atoms. The Hall–Kier alpha value is -1.10. The predicted molar refractivity (Wildman–Crippen MR) is 80.7 cm³/mol. The Labute approximate surface area is 127 Å². The first-order valence-corrected chi connectivity index (χ1v) is 7.83. The molecule has 1 rings (SSSR count). The van der Waals surface area contributed by atoms with Gasteiger partial charge in [0.1, 0.15) is 12.6 Å². The molecule has 1 amide bonds. The fourth-order valence-electron chi connectivity index (χ4n) is 3.01. The summed E-state index contributed by atoms with van der Waals surface area (Å²) in [5.74, 6) is 0.983. The molecule has 4 atom stereocenters. The minimum Gasteiger partial charge on any atom is -0.467 e. The molecule has 1 fully saturated rings. The van der Waals surface area contributed by atoms with Crippen molar-refractivity contribution in [2.24, 2.45) is 17.8 Å². The second kappa shape index (κ2) is 8.37. The first-order valence-electron chi connectivity index (χ1n) is 7.83. The number of esters is 1. The third-order valence-electron chi connectivity index (χ3n) is 4.32. The summed E-state index contributed by atoms with van der Waals surface area (Å²) in [7, 11) is 1.30. The van der Waals surface area contributed by atoms with Gasteiger partial charge in [-0.2, -0.15) is 0 Å². The van der Waals surface area contributed by atoms with Crippen LogP contribution in [0.25, 0.3) is 0 Å². The van der Waals surface area contributed by atoms with Crippen LogP contribution in [-0.2, 0) is 19.1 Å². The number of nitrogens with one attached hydrogen (secondary N) is 1. The van der Waals surface area contributed by atoms with Gasteiger partial charge >= 0.3 is 5.97 Å². The summed E-state index contributed by atoms with van der Waals surface area (Å²) in [5, 5.41) is 2.59. The summed E-state index contributed by atoms with van der Waals surface area (Å²) in [4.78, 5) is 23.1. The van der Waals surface area contributed by atoms with Crippen molar-refractivity contribution in [1.29, 1.82) is 0 Å². The van der Waals surface area contributed by atoms with Crippen molar-refractivity contribution in [2.75, 3.05) is 13.7 Å². The largest absolute Gasteiger partial charge is 0.467 e. The van der Waals surface area contributed by atoms with E-state index in [0.29, 0.717) is 17.8 Å². The van der Waals surface area contributed by atoms with E-state index in [1.807, 2.05) is 0 Å². The standard InChI is InChI=1S/C16H29NO4/c1-10(2)13-7-6-11(3)8-14(13)21-9-15(18)17-12(4)16(19)20-5/h10-14H,6-9H2,1-5H3,(H,17,18)/t11?,12-,13?,14?/m1/s1. The van der Waals surface area contributed by atoms with Crippen LogP contribution in [0.3, 0.4) is 0 Å². The lowest BCUT2D eigenvalue weighted by Gasteiger charge is -2.37. The molecule has 0 saturated heterocycles. The smallest absolute Gasteiger partial charge is 0.328 e. The lowest BCUT2D eigenvalue weighted by Crippen LogP contribution is -2.43. The molecule has 122 valence electrons. The molecule has 1 aliphatic carbocycles. The Bertz CT molecular complexity index is 356. The maximum atomic E-state index is 11.8. The third kappa shape index (κ3) is 5.65. The minimum absolute atomic E-state index is 0.00193. The predicted octanol–water partition coefficient (Wildman–Crippen LogP) is 2.14. The Morgan fingerprint density at radius 2 is 1.90 bits per heavy atom. The van der Waals surface area contributed by atoms with Crippen molar-refractivity contribution < 1.29 is 19.1 Å². The van der Waals surface area contributed by atoms with E-state index in [9.17, 15) is 9.59 Å². The molecule has 0 aromatic heterocycles. The molecule has 5 heteroatoms. The van der Waals surface area contributed by atoms with Gasteiger partial charge in [0.05, 0.1) is 13.2 Å². The van der Waals surface area contributed by atoms with Gasteiger partial charge in [-0.25, -0.2) is 4.79 Å². The van der Waals surface area contributed by atoms with Gasteiger partial charge < -0.3 is 14.8 Å². The molecule has 5 nitrogen and oxygen atoms in total. The van der Waals surface area contributed by atoms with Crippen LogP contribution in [0, 0.1) is 17.8 Å². The monoisotopic (exact) mass is 299 g/mol. The SMILES string of the molecule is COC(=O)[C@@H](C)NC(=O)COC1CC(C)CCC1C(C)C. The van der Waals surface area contributed by atoms with Crippen molar-refractivity contribution in [1.82, 2.24) is 5.32 Å². The van der Waals surface area contributed by atoms with Crippen LogP contribution in [0.5, 0.6) is 0 Å². The number of amides is 1. The van der Waals surface area contributed by atoms with Gasteiger partial charge in [0.25, 0.3) is 0 Å². The molecular formula is C16H29NO4. The molecule has 1 aliphatic rings. The molecule has 0 heterocycles. The average molecular weight is 299 g/mol. The lowest BCUT2D eigenvalue weighted by atomic mass is 9.75. The first kappa shape index (κ1) is 18.0. The van der Waals surface area contributed by atoms with Gasteiger partial charge in [0, 0.05) is 0 Å². The van der Waals surface area contributed by atoms with Gasteiger partial charge in [0.15, 0.2) is 0 Å². The Morgan fingerprint density at radius 1 is 1.24 bits per heavy atom. The molecule has 0 aliphatic heterocycles. The Kier molecular flexibility index (Phi) is 7.15. The molecular weight excluding hydrogens is 270 g/mol. The van der Waals surface area contributed by atoms with Gasteiger partial charge in [0.2, 0.25) is 5.91 Å². The number of carbonyl (C=O) groups excluding carboxylic acids is 2. The highest BCUT2D eigenvalue weighted by Gasteiger charge is 2.31. The highest BCUT2D eigenvalue weighted by Crippen LogP contribution is 2.35. The Morgan fingerprint density at radius 3 is 2.48 bits per heavy atom. The van der Waals surface area contributed by atoms with Crippen molar-refractivity contribution in [3.05, 3.63) is 0 Å². The van der Waals surface area contributed by atoms with Crippen LogP contribution < -0.4 is 5.32 Å². The van der Waals surface area contributed by atoms with Crippen LogP contribution in [0.1, 0.15) is 47.0 Å². The molecule has 0 aromatic rings. The minimum atomic E-state index is -0.641. The highest BCUT2D eigenvalue weighted by molar-refractivity contribution is 5.84. The van der Waals surface area contributed by atoms with Crippen LogP contribution in [0.15, 0.2) is 0 Å². The van der Waals surface area contributed by atoms with E-state index in [-0.39, 0.29) is 18.6 Å². The normalized spacial score (nSPS) is 27.2. The van der Waals surface area contributed by atoms with Gasteiger partial charge in [-0.15, -0.1) is 0 Å². The number of hydrogen-bond acceptors (Lipinski definition) is 4. The number of methoxy groups -OCH3 is 1. The summed E-state index contributed by atoms with van der Waals surface area (Å²) < 4.78 is 10.4. The fourth-order valence-corrected chi connectivity index (χ4v) is 3.01. The fraction of sp³-hybridized carbons (Fsp3) is 0.875. The Balaban J connectivity index is 2.44. The zero-order valence-corrected chi connectivity index (χ0v) is 13.8. The van der Waals surface area contributed by atoms with Crippen LogP contribution >= 0.6 is 0 Å². The molecule has 3 unspecified atom stereocenters. The number of rotatable bonds is 6. The second-order valence-corrected chi connectivity index (χ2v) is 6.49. The maximum absolute atomic E-state index is 11.8. The summed E-state index contributed by atoms with van der Waals surface area (Å²) >= 11 is 0. The highest BCUT2D eigenvalue weighted by atomic mass is 16.5. The maximum Gasteiger partial charge on any atom is 0.328 e. The average Bonchev–Trinajstić information content (AvgIpc) is 2.43. The molecule has 0 radical (unpaired) electrons. The van der Waals surface area contributed by atoms with Crippen molar-refractivity contribution in [2.45, 2.75) is 59.1 Å². The van der Waals surface area contributed by atoms with E-state index >= 15 is 0 Å². The lowest BCUT2D eigenvalue weighted by molar-refractivity contribution is -0.146. The molecule has 1 saturated carbocycles. The molecule has 21 heavy (non-hydrogen) atoms. The quantitative estimate of drug-likeness (QED) is 0.763. The molecule has 0 aromatic carbocycles. The van der Waals surface area contributed by atoms with Crippen molar-refractivity contribution >= 4 is 11.9 Å². The molecule has 0 spiro atoms. The second-order valence-electron chi connectivity index (χ2n) is 6.49. The zero-order valence-electron chi connectivity index (χ0n) is 13.8. The topological polar surface area (TPSA) is 64.6 Å². The van der Waals surface area contributed by atoms with E-state index in [4.69, 9.17) is 4.74 Å². The summed E-state index contributed by atoms with van der Waals surface area (Å²) in [6, 6.07) is -0.641. The van der Waals surface area contributed by atoms with E-state index < -0.39 is 12.0 Å².